The molecule has 0 aliphatic carbocycles. The van der Waals surface area contributed by atoms with Gasteiger partial charge in [0.15, 0.2) is 0 Å². The van der Waals surface area contributed by atoms with Gasteiger partial charge in [0.25, 0.3) is 11.8 Å². The number of hydrogen-bond donors (Lipinski definition) is 3. The molecule has 0 radical (unpaired) electrons. The number of fused-ring (bicyclic) bond motifs is 2. The van der Waals surface area contributed by atoms with Crippen LogP contribution in [0.1, 0.15) is 33.0 Å². The van der Waals surface area contributed by atoms with Crippen LogP contribution in [0.25, 0.3) is 11.0 Å². The lowest BCUT2D eigenvalue weighted by Gasteiger charge is -2.13. The SMILES string of the molecule is O=C(CCN1C(=O)c2ccccc2C1=O)NNC(=O)Cc1nc2ccccc2[nH]1. The Morgan fingerprint density at radius 2 is 1.52 bits per heavy atom. The molecule has 4 rings (SSSR count). The van der Waals surface area contributed by atoms with E-state index in [1.54, 1.807) is 24.3 Å². The van der Waals surface area contributed by atoms with E-state index in [2.05, 4.69) is 20.8 Å². The van der Waals surface area contributed by atoms with Crippen LogP contribution < -0.4 is 10.9 Å². The smallest absolute Gasteiger partial charge is 0.261 e. The van der Waals surface area contributed by atoms with Crippen LogP contribution in [0, 0.1) is 0 Å². The number of carbonyl (C=O) groups is 4. The quantitative estimate of drug-likeness (QED) is 0.441. The summed E-state index contributed by atoms with van der Waals surface area (Å²) in [6, 6.07) is 13.9. The van der Waals surface area contributed by atoms with Crippen LogP contribution in [0.15, 0.2) is 48.5 Å². The molecule has 0 bridgehead atoms. The number of para-hydroxylation sites is 2. The molecule has 2 heterocycles. The van der Waals surface area contributed by atoms with Gasteiger partial charge in [-0.1, -0.05) is 24.3 Å². The Hall–Kier alpha value is -4.01. The number of imidazole rings is 1. The second-order valence-corrected chi connectivity index (χ2v) is 6.53. The molecular weight excluding hydrogens is 374 g/mol. The van der Waals surface area contributed by atoms with E-state index < -0.39 is 23.6 Å². The van der Waals surface area contributed by atoms with Crippen molar-refractivity contribution in [2.45, 2.75) is 12.8 Å². The molecule has 1 aliphatic rings. The minimum absolute atomic E-state index is 0.0344. The largest absolute Gasteiger partial charge is 0.342 e. The summed E-state index contributed by atoms with van der Waals surface area (Å²) in [5.41, 5.74) is 6.82. The molecule has 29 heavy (non-hydrogen) atoms. The molecule has 1 aliphatic heterocycles. The predicted octanol–water partition coefficient (Wildman–Crippen LogP) is 0.939. The Kier molecular flexibility index (Phi) is 4.78. The van der Waals surface area contributed by atoms with Gasteiger partial charge in [-0.3, -0.25) is 34.9 Å². The van der Waals surface area contributed by atoms with E-state index in [-0.39, 0.29) is 19.4 Å². The second-order valence-electron chi connectivity index (χ2n) is 6.53. The van der Waals surface area contributed by atoms with E-state index in [1.165, 1.54) is 0 Å². The van der Waals surface area contributed by atoms with Crippen LogP contribution in [-0.2, 0) is 16.0 Å². The van der Waals surface area contributed by atoms with Crippen LogP contribution in [0.5, 0.6) is 0 Å². The first-order chi connectivity index (χ1) is 14.0. The third kappa shape index (κ3) is 3.70. The van der Waals surface area contributed by atoms with Crippen LogP contribution in [0.4, 0.5) is 0 Å². The third-order valence-electron chi connectivity index (χ3n) is 4.55. The molecular formula is C20H17N5O4. The monoisotopic (exact) mass is 391 g/mol. The number of carbonyl (C=O) groups excluding carboxylic acids is 4. The van der Waals surface area contributed by atoms with Crippen molar-refractivity contribution in [2.75, 3.05) is 6.54 Å². The summed E-state index contributed by atoms with van der Waals surface area (Å²) in [5, 5.41) is 0. The highest BCUT2D eigenvalue weighted by atomic mass is 16.2. The van der Waals surface area contributed by atoms with Crippen molar-refractivity contribution in [3.05, 3.63) is 65.5 Å². The number of benzene rings is 2. The number of H-pyrrole nitrogens is 1. The van der Waals surface area contributed by atoms with E-state index in [9.17, 15) is 19.2 Å². The van der Waals surface area contributed by atoms with Crippen molar-refractivity contribution in [3.8, 4) is 0 Å². The van der Waals surface area contributed by atoms with Crippen molar-refractivity contribution in [1.29, 1.82) is 0 Å². The average Bonchev–Trinajstić information content (AvgIpc) is 3.24. The van der Waals surface area contributed by atoms with Crippen molar-refractivity contribution in [1.82, 2.24) is 25.7 Å². The molecule has 0 saturated heterocycles. The van der Waals surface area contributed by atoms with Gasteiger partial charge in [0.2, 0.25) is 11.8 Å². The molecule has 9 heteroatoms. The average molecular weight is 391 g/mol. The highest BCUT2D eigenvalue weighted by Crippen LogP contribution is 2.22. The maximum atomic E-state index is 12.3. The second kappa shape index (κ2) is 7.55. The van der Waals surface area contributed by atoms with Crippen LogP contribution >= 0.6 is 0 Å². The number of nitrogens with zero attached hydrogens (tertiary/aromatic N) is 2. The number of amides is 4. The minimum Gasteiger partial charge on any atom is -0.342 e. The van der Waals surface area contributed by atoms with Gasteiger partial charge in [0.05, 0.1) is 28.6 Å². The molecule has 9 nitrogen and oxygen atoms in total. The predicted molar refractivity (Wildman–Crippen MR) is 103 cm³/mol. The zero-order chi connectivity index (χ0) is 20.4. The van der Waals surface area contributed by atoms with Gasteiger partial charge in [-0.05, 0) is 24.3 Å². The molecule has 2 aromatic carbocycles. The fraction of sp³-hybridized carbons (Fsp3) is 0.150. The van der Waals surface area contributed by atoms with Gasteiger partial charge < -0.3 is 4.98 Å². The van der Waals surface area contributed by atoms with Gasteiger partial charge in [-0.25, -0.2) is 4.98 Å². The Labute approximate surface area is 165 Å². The summed E-state index contributed by atoms with van der Waals surface area (Å²) in [6.45, 7) is -0.0718. The summed E-state index contributed by atoms with van der Waals surface area (Å²) >= 11 is 0. The van der Waals surface area contributed by atoms with E-state index >= 15 is 0 Å². The lowest BCUT2D eigenvalue weighted by Crippen LogP contribution is -2.44. The topological polar surface area (TPSA) is 124 Å². The molecule has 3 aromatic rings. The Bertz CT molecular complexity index is 1070. The molecule has 146 valence electrons. The number of imide groups is 1. The lowest BCUT2D eigenvalue weighted by atomic mass is 10.1. The van der Waals surface area contributed by atoms with Gasteiger partial charge in [-0.15, -0.1) is 0 Å². The Morgan fingerprint density at radius 1 is 0.897 bits per heavy atom. The van der Waals surface area contributed by atoms with Gasteiger partial charge in [0, 0.05) is 13.0 Å². The number of rotatable bonds is 5. The fourth-order valence-electron chi connectivity index (χ4n) is 3.14. The first-order valence-electron chi connectivity index (χ1n) is 8.99. The van der Waals surface area contributed by atoms with Gasteiger partial charge >= 0.3 is 0 Å². The summed E-state index contributed by atoms with van der Waals surface area (Å²) in [6.07, 6.45) is -0.163. The molecule has 0 unspecified atom stereocenters. The van der Waals surface area contributed by atoms with Crippen molar-refractivity contribution in [3.63, 3.8) is 0 Å². The summed E-state index contributed by atoms with van der Waals surface area (Å²) in [5.74, 6) is -1.33. The molecule has 0 spiro atoms. The molecule has 3 N–H and O–H groups in total. The summed E-state index contributed by atoms with van der Waals surface area (Å²) < 4.78 is 0. The Morgan fingerprint density at radius 3 is 2.21 bits per heavy atom. The molecule has 0 saturated carbocycles. The summed E-state index contributed by atoms with van der Waals surface area (Å²) in [7, 11) is 0. The maximum absolute atomic E-state index is 12.3. The standard InChI is InChI=1S/C20H17N5O4/c26-17(9-10-25-19(28)12-5-1-2-6-13(12)20(25)29)23-24-18(27)11-16-21-14-7-3-4-8-15(14)22-16/h1-8H,9-11H2,(H,21,22)(H,23,26)(H,24,27). The highest BCUT2D eigenvalue weighted by Gasteiger charge is 2.34. The number of hydrogen-bond acceptors (Lipinski definition) is 5. The fourth-order valence-corrected chi connectivity index (χ4v) is 3.14. The molecule has 0 atom stereocenters. The Balaban J connectivity index is 1.25. The normalized spacial score (nSPS) is 12.9. The van der Waals surface area contributed by atoms with Gasteiger partial charge in [-0.2, -0.15) is 0 Å². The van der Waals surface area contributed by atoms with Crippen molar-refractivity contribution >= 4 is 34.7 Å². The summed E-state index contributed by atoms with van der Waals surface area (Å²) in [4.78, 5) is 56.9. The van der Waals surface area contributed by atoms with Gasteiger partial charge in [0.1, 0.15) is 5.82 Å². The zero-order valence-electron chi connectivity index (χ0n) is 15.3. The lowest BCUT2D eigenvalue weighted by molar-refractivity contribution is -0.128. The van der Waals surface area contributed by atoms with Crippen LogP contribution in [0.3, 0.4) is 0 Å². The highest BCUT2D eigenvalue weighted by molar-refractivity contribution is 6.21. The van der Waals surface area contributed by atoms with Crippen molar-refractivity contribution < 1.29 is 19.2 Å². The number of aromatic amines is 1. The third-order valence-corrected chi connectivity index (χ3v) is 4.55. The first-order valence-corrected chi connectivity index (χ1v) is 8.99. The maximum Gasteiger partial charge on any atom is 0.261 e. The number of aromatic nitrogens is 2. The molecule has 0 fully saturated rings. The molecule has 1 aromatic heterocycles. The minimum atomic E-state index is -0.514. The van der Waals surface area contributed by atoms with E-state index in [1.807, 2.05) is 24.3 Å². The number of hydrazine groups is 1. The first kappa shape index (κ1) is 18.4. The van der Waals surface area contributed by atoms with Crippen LogP contribution in [-0.4, -0.2) is 45.0 Å². The van der Waals surface area contributed by atoms with E-state index in [4.69, 9.17) is 0 Å². The molecule has 4 amide bonds. The van der Waals surface area contributed by atoms with E-state index in [0.717, 1.165) is 15.9 Å². The van der Waals surface area contributed by atoms with Crippen LogP contribution in [0.2, 0.25) is 0 Å². The zero-order valence-corrected chi connectivity index (χ0v) is 15.3. The van der Waals surface area contributed by atoms with E-state index in [0.29, 0.717) is 17.0 Å². The number of nitrogens with one attached hydrogen (secondary N) is 3. The van der Waals surface area contributed by atoms with Crippen molar-refractivity contribution in [2.24, 2.45) is 0 Å².